The van der Waals surface area contributed by atoms with E-state index in [-0.39, 0.29) is 6.67 Å². The molecule has 0 aromatic heterocycles. The summed E-state index contributed by atoms with van der Waals surface area (Å²) in [6.45, 7) is 7.29. The van der Waals surface area contributed by atoms with Gasteiger partial charge in [0.1, 0.15) is 6.67 Å². The number of alkyl halides is 1. The van der Waals surface area contributed by atoms with Crippen LogP contribution in [-0.4, -0.2) is 14.0 Å². The van der Waals surface area contributed by atoms with E-state index in [1.807, 2.05) is 0 Å². The van der Waals surface area contributed by atoms with E-state index in [1.54, 1.807) is 0 Å². The topological polar surface area (TPSA) is 0 Å². The Balaban J connectivity index is 3.25. The van der Waals surface area contributed by atoms with Gasteiger partial charge in [-0.05, 0) is 0 Å². The molecule has 0 fully saturated rings. The number of allylic oxidation sites excluding steroid dienone is 1. The van der Waals surface area contributed by atoms with Crippen LogP contribution in [0.4, 0.5) is 4.39 Å². The highest BCUT2D eigenvalue weighted by molar-refractivity contribution is 6.46. The van der Waals surface area contributed by atoms with Crippen molar-refractivity contribution in [3.63, 3.8) is 0 Å². The van der Waals surface area contributed by atoms with Crippen molar-refractivity contribution in [1.29, 1.82) is 0 Å². The smallest absolute Gasteiger partial charge is 0.157 e. The summed E-state index contributed by atoms with van der Waals surface area (Å²) < 4.78 is 11.6. The van der Waals surface area contributed by atoms with Gasteiger partial charge in [-0.25, -0.2) is 4.39 Å². The van der Waals surface area contributed by atoms with E-state index in [1.165, 1.54) is 0 Å². The van der Waals surface area contributed by atoms with Crippen molar-refractivity contribution < 1.29 is 4.39 Å². The number of rotatable bonds is 3. The van der Waals surface area contributed by atoms with Crippen LogP contribution in [0.25, 0.3) is 0 Å². The normalized spacial score (nSPS) is 9.50. The molecule has 0 unspecified atom stereocenters. The van der Waals surface area contributed by atoms with E-state index in [2.05, 4.69) is 20.4 Å². The summed E-state index contributed by atoms with van der Waals surface area (Å²) in [5.41, 5.74) is 0.708. The standard InChI is InChI=1S/C6H12BF/c1-5(2)7-6(3)4-8/h5,7H,3-4H2,1-2H3. The van der Waals surface area contributed by atoms with Gasteiger partial charge in [-0.1, -0.05) is 25.1 Å². The summed E-state index contributed by atoms with van der Waals surface area (Å²) >= 11 is 0. The molecule has 0 aliphatic heterocycles. The highest BCUT2D eigenvalue weighted by Crippen LogP contribution is 2.02. The lowest BCUT2D eigenvalue weighted by atomic mass is 9.61. The van der Waals surface area contributed by atoms with E-state index in [9.17, 15) is 4.39 Å². The molecule has 0 N–H and O–H groups in total. The van der Waals surface area contributed by atoms with E-state index in [0.29, 0.717) is 11.3 Å². The van der Waals surface area contributed by atoms with Crippen LogP contribution in [0.1, 0.15) is 13.8 Å². The van der Waals surface area contributed by atoms with E-state index in [4.69, 9.17) is 0 Å². The Labute approximate surface area is 51.0 Å². The van der Waals surface area contributed by atoms with Crippen molar-refractivity contribution in [3.05, 3.63) is 12.1 Å². The summed E-state index contributed by atoms with van der Waals surface area (Å²) in [4.78, 5) is 0. The molecule has 2 heteroatoms. The van der Waals surface area contributed by atoms with E-state index >= 15 is 0 Å². The monoisotopic (exact) mass is 114 g/mol. The molecule has 46 valence electrons. The Morgan fingerprint density at radius 3 is 2.38 bits per heavy atom. The van der Waals surface area contributed by atoms with Gasteiger partial charge in [-0.15, -0.1) is 6.58 Å². The maximum absolute atomic E-state index is 11.6. The van der Waals surface area contributed by atoms with Gasteiger partial charge in [0.15, 0.2) is 7.28 Å². The SMILES string of the molecule is C=C(BC(C)C)CF. The van der Waals surface area contributed by atoms with Crippen LogP contribution in [0.15, 0.2) is 12.1 Å². The van der Waals surface area contributed by atoms with Crippen LogP contribution in [0, 0.1) is 0 Å². The first kappa shape index (κ1) is 7.73. The molecule has 0 nitrogen and oxygen atoms in total. The van der Waals surface area contributed by atoms with Gasteiger partial charge in [0.05, 0.1) is 0 Å². The van der Waals surface area contributed by atoms with Crippen LogP contribution < -0.4 is 0 Å². The van der Waals surface area contributed by atoms with E-state index < -0.39 is 0 Å². The van der Waals surface area contributed by atoms with Crippen LogP contribution in [0.5, 0.6) is 0 Å². The molecule has 0 amide bonds. The zero-order chi connectivity index (χ0) is 6.57. The third-order valence-corrected chi connectivity index (χ3v) is 0.886. The molecule has 0 aromatic carbocycles. The second-order valence-corrected chi connectivity index (χ2v) is 2.48. The first-order valence-electron chi connectivity index (χ1n) is 2.89. The predicted octanol–water partition coefficient (Wildman–Crippen LogP) is 1.73. The first-order chi connectivity index (χ1) is 3.66. The minimum Gasteiger partial charge on any atom is -0.247 e. The lowest BCUT2D eigenvalue weighted by molar-refractivity contribution is 0.555. The van der Waals surface area contributed by atoms with E-state index in [0.717, 1.165) is 7.28 Å². The highest BCUT2D eigenvalue weighted by atomic mass is 19.1. The summed E-state index contributed by atoms with van der Waals surface area (Å²) in [7, 11) is 0.816. The molecule has 0 saturated heterocycles. The molecule has 0 bridgehead atoms. The van der Waals surface area contributed by atoms with Crippen molar-refractivity contribution in [1.82, 2.24) is 0 Å². The number of hydrogen-bond acceptors (Lipinski definition) is 0. The largest absolute Gasteiger partial charge is 0.247 e. The zero-order valence-electron chi connectivity index (χ0n) is 5.58. The van der Waals surface area contributed by atoms with Gasteiger partial charge < -0.3 is 0 Å². The van der Waals surface area contributed by atoms with Crippen molar-refractivity contribution >= 4 is 7.28 Å². The Morgan fingerprint density at radius 1 is 1.75 bits per heavy atom. The zero-order valence-corrected chi connectivity index (χ0v) is 5.58. The average molecular weight is 114 g/mol. The molecule has 0 heterocycles. The Morgan fingerprint density at radius 2 is 2.25 bits per heavy atom. The fourth-order valence-electron chi connectivity index (χ4n) is 0.632. The Bertz CT molecular complexity index is 78.6. The molecule has 0 aromatic rings. The van der Waals surface area contributed by atoms with Crippen LogP contribution in [0.3, 0.4) is 0 Å². The molecule has 0 saturated carbocycles. The summed E-state index contributed by atoms with van der Waals surface area (Å²) in [5, 5.41) is 0. The van der Waals surface area contributed by atoms with Gasteiger partial charge >= 0.3 is 0 Å². The van der Waals surface area contributed by atoms with Gasteiger partial charge in [-0.2, -0.15) is 0 Å². The second kappa shape index (κ2) is 3.70. The molecule has 0 rings (SSSR count). The van der Waals surface area contributed by atoms with Crippen LogP contribution in [-0.2, 0) is 0 Å². The molecular weight excluding hydrogens is 102 g/mol. The van der Waals surface area contributed by atoms with Crippen molar-refractivity contribution in [3.8, 4) is 0 Å². The molecule has 8 heavy (non-hydrogen) atoms. The van der Waals surface area contributed by atoms with Crippen LogP contribution in [0.2, 0.25) is 5.82 Å². The predicted molar refractivity (Wildman–Crippen MR) is 37.4 cm³/mol. The molecule has 0 atom stereocenters. The van der Waals surface area contributed by atoms with Crippen molar-refractivity contribution in [2.45, 2.75) is 19.7 Å². The molecule has 0 aliphatic carbocycles. The quantitative estimate of drug-likeness (QED) is 0.490. The minimum absolute atomic E-state index is 0.363. The molecule has 0 spiro atoms. The van der Waals surface area contributed by atoms with Gasteiger partial charge in [-0.3, -0.25) is 0 Å². The van der Waals surface area contributed by atoms with Gasteiger partial charge in [0.2, 0.25) is 0 Å². The third kappa shape index (κ3) is 3.91. The lowest BCUT2D eigenvalue weighted by Crippen LogP contribution is -2.00. The fraction of sp³-hybridized carbons (Fsp3) is 0.667. The first-order valence-corrected chi connectivity index (χ1v) is 2.89. The molecule has 0 radical (unpaired) electrons. The fourth-order valence-corrected chi connectivity index (χ4v) is 0.632. The minimum atomic E-state index is -0.363. The second-order valence-electron chi connectivity index (χ2n) is 2.48. The van der Waals surface area contributed by atoms with Crippen molar-refractivity contribution in [2.24, 2.45) is 0 Å². The van der Waals surface area contributed by atoms with Gasteiger partial charge in [0.25, 0.3) is 0 Å². The third-order valence-electron chi connectivity index (χ3n) is 0.886. The summed E-state index contributed by atoms with van der Waals surface area (Å²) in [6.07, 6.45) is 0. The summed E-state index contributed by atoms with van der Waals surface area (Å²) in [5.74, 6) is 0.540. The lowest BCUT2D eigenvalue weighted by Gasteiger charge is -1.99. The number of halogens is 1. The Kier molecular flexibility index (Phi) is 3.58. The number of hydrogen-bond donors (Lipinski definition) is 0. The Hall–Kier alpha value is -0.265. The van der Waals surface area contributed by atoms with Gasteiger partial charge in [0, 0.05) is 0 Å². The maximum Gasteiger partial charge on any atom is 0.157 e. The maximum atomic E-state index is 11.6. The van der Waals surface area contributed by atoms with Crippen LogP contribution >= 0.6 is 0 Å². The molecule has 0 aliphatic rings. The summed E-state index contributed by atoms with van der Waals surface area (Å²) in [6, 6.07) is 0. The molecular formula is C6H12BF. The average Bonchev–Trinajstić information content (AvgIpc) is 1.65. The highest BCUT2D eigenvalue weighted by Gasteiger charge is 1.98. The van der Waals surface area contributed by atoms with Crippen molar-refractivity contribution in [2.75, 3.05) is 6.67 Å².